The third kappa shape index (κ3) is 3.50. The van der Waals surface area contributed by atoms with Crippen molar-refractivity contribution in [2.75, 3.05) is 6.54 Å². The molecule has 0 amide bonds. The minimum absolute atomic E-state index is 0.0776. The smallest absolute Gasteiger partial charge is 0.314 e. The second-order valence-corrected chi connectivity index (χ2v) is 3.13. The van der Waals surface area contributed by atoms with Crippen LogP contribution in [0.4, 0.5) is 13.2 Å². The summed E-state index contributed by atoms with van der Waals surface area (Å²) in [6.07, 6.45) is -4.19. The molecule has 1 N–H and O–H groups in total. The van der Waals surface area contributed by atoms with Gasteiger partial charge in [-0.2, -0.15) is 13.2 Å². The highest BCUT2D eigenvalue weighted by Crippen LogP contribution is 2.12. The van der Waals surface area contributed by atoms with Crippen molar-refractivity contribution >= 4 is 0 Å². The summed E-state index contributed by atoms with van der Waals surface area (Å²) < 4.78 is 37.3. The van der Waals surface area contributed by atoms with Crippen molar-refractivity contribution in [3.63, 3.8) is 0 Å². The lowest BCUT2D eigenvalue weighted by Gasteiger charge is -2.08. The number of alkyl halides is 3. The third-order valence-electron chi connectivity index (χ3n) is 1.94. The Morgan fingerprint density at radius 2 is 2.00 bits per heavy atom. The predicted molar refractivity (Wildman–Crippen MR) is 48.2 cm³/mol. The molecular formula is C8H13F3N4. The highest BCUT2D eigenvalue weighted by molar-refractivity contribution is 4.93. The number of hydrogen-bond donors (Lipinski definition) is 1. The lowest BCUT2D eigenvalue weighted by atomic mass is 10.5. The molecule has 0 unspecified atom stereocenters. The summed E-state index contributed by atoms with van der Waals surface area (Å²) in [5, 5.41) is 9.86. The Bertz CT molecular complexity index is 318. The van der Waals surface area contributed by atoms with Crippen LogP contribution in [-0.4, -0.2) is 27.5 Å². The fourth-order valence-corrected chi connectivity index (χ4v) is 1.28. The maximum Gasteiger partial charge on any atom is 0.401 e. The van der Waals surface area contributed by atoms with Gasteiger partial charge in [-0.15, -0.1) is 10.2 Å². The van der Waals surface area contributed by atoms with Gasteiger partial charge in [0.2, 0.25) is 0 Å². The molecular weight excluding hydrogens is 209 g/mol. The largest absolute Gasteiger partial charge is 0.401 e. The Morgan fingerprint density at radius 1 is 1.33 bits per heavy atom. The first-order valence-electron chi connectivity index (χ1n) is 4.60. The van der Waals surface area contributed by atoms with Crippen LogP contribution in [0.25, 0.3) is 0 Å². The fraction of sp³-hybridized carbons (Fsp3) is 0.750. The van der Waals surface area contributed by atoms with Gasteiger partial charge in [0.25, 0.3) is 0 Å². The molecule has 86 valence electrons. The molecule has 15 heavy (non-hydrogen) atoms. The Balaban J connectivity index is 2.51. The first-order valence-corrected chi connectivity index (χ1v) is 4.60. The average Bonchev–Trinajstić information content (AvgIpc) is 2.44. The maximum atomic E-state index is 11.8. The minimum atomic E-state index is -4.19. The van der Waals surface area contributed by atoms with Crippen molar-refractivity contribution in [3.8, 4) is 0 Å². The molecule has 0 saturated heterocycles. The molecule has 0 atom stereocenters. The van der Waals surface area contributed by atoms with E-state index in [9.17, 15) is 13.2 Å². The van der Waals surface area contributed by atoms with E-state index in [0.29, 0.717) is 18.2 Å². The van der Waals surface area contributed by atoms with E-state index in [1.165, 1.54) is 0 Å². The van der Waals surface area contributed by atoms with Crippen molar-refractivity contribution in [2.24, 2.45) is 0 Å². The standard InChI is InChI=1S/C8H13F3N4/c1-3-15-6(2)13-14-7(15)4-12-5-8(9,10)11/h12H,3-5H2,1-2H3. The number of halogens is 3. The number of aryl methyl sites for hydroxylation is 1. The molecule has 0 fully saturated rings. The van der Waals surface area contributed by atoms with Crippen LogP contribution in [0, 0.1) is 6.92 Å². The van der Waals surface area contributed by atoms with Gasteiger partial charge in [0.1, 0.15) is 11.6 Å². The molecule has 4 nitrogen and oxygen atoms in total. The lowest BCUT2D eigenvalue weighted by molar-refractivity contribution is -0.125. The van der Waals surface area contributed by atoms with Crippen LogP contribution in [0.3, 0.4) is 0 Å². The quantitative estimate of drug-likeness (QED) is 0.833. The van der Waals surface area contributed by atoms with Gasteiger partial charge in [-0.1, -0.05) is 0 Å². The lowest BCUT2D eigenvalue weighted by Crippen LogP contribution is -2.29. The van der Waals surface area contributed by atoms with E-state index in [2.05, 4.69) is 15.5 Å². The normalized spacial score (nSPS) is 12.1. The van der Waals surface area contributed by atoms with Crippen molar-refractivity contribution in [3.05, 3.63) is 11.6 Å². The molecule has 1 rings (SSSR count). The van der Waals surface area contributed by atoms with Gasteiger partial charge in [-0.3, -0.25) is 0 Å². The van der Waals surface area contributed by atoms with Crippen molar-refractivity contribution < 1.29 is 13.2 Å². The molecule has 0 spiro atoms. The van der Waals surface area contributed by atoms with Gasteiger partial charge in [0.05, 0.1) is 13.1 Å². The molecule has 0 aliphatic rings. The number of nitrogens with zero attached hydrogens (tertiary/aromatic N) is 3. The zero-order valence-electron chi connectivity index (χ0n) is 8.60. The van der Waals surface area contributed by atoms with E-state index in [4.69, 9.17) is 0 Å². The van der Waals surface area contributed by atoms with E-state index in [1.54, 1.807) is 11.5 Å². The van der Waals surface area contributed by atoms with Gasteiger partial charge >= 0.3 is 6.18 Å². The highest BCUT2D eigenvalue weighted by atomic mass is 19.4. The topological polar surface area (TPSA) is 42.7 Å². The van der Waals surface area contributed by atoms with E-state index in [0.717, 1.165) is 0 Å². The molecule has 1 aromatic rings. The van der Waals surface area contributed by atoms with Gasteiger partial charge in [0.15, 0.2) is 0 Å². The van der Waals surface area contributed by atoms with Crippen molar-refractivity contribution in [2.45, 2.75) is 33.1 Å². The van der Waals surface area contributed by atoms with Crippen LogP contribution in [0.1, 0.15) is 18.6 Å². The SMILES string of the molecule is CCn1c(C)nnc1CNCC(F)(F)F. The van der Waals surface area contributed by atoms with Crippen LogP contribution in [-0.2, 0) is 13.1 Å². The summed E-state index contributed by atoms with van der Waals surface area (Å²) in [4.78, 5) is 0. The Hall–Kier alpha value is -1.11. The first kappa shape index (κ1) is 12.0. The zero-order chi connectivity index (χ0) is 11.5. The van der Waals surface area contributed by atoms with Crippen LogP contribution < -0.4 is 5.32 Å². The van der Waals surface area contributed by atoms with E-state index >= 15 is 0 Å². The summed E-state index contributed by atoms with van der Waals surface area (Å²) in [6.45, 7) is 3.38. The summed E-state index contributed by atoms with van der Waals surface area (Å²) >= 11 is 0. The van der Waals surface area contributed by atoms with Gasteiger partial charge < -0.3 is 9.88 Å². The minimum Gasteiger partial charge on any atom is -0.314 e. The molecule has 0 aliphatic carbocycles. The van der Waals surface area contributed by atoms with E-state index in [-0.39, 0.29) is 6.54 Å². The second-order valence-electron chi connectivity index (χ2n) is 3.13. The second kappa shape index (κ2) is 4.61. The van der Waals surface area contributed by atoms with Gasteiger partial charge in [-0.05, 0) is 13.8 Å². The van der Waals surface area contributed by atoms with Crippen LogP contribution in [0.5, 0.6) is 0 Å². The highest BCUT2D eigenvalue weighted by Gasteiger charge is 2.26. The summed E-state index contributed by atoms with van der Waals surface area (Å²) in [7, 11) is 0. The van der Waals surface area contributed by atoms with Gasteiger partial charge in [-0.25, -0.2) is 0 Å². The van der Waals surface area contributed by atoms with Crippen LogP contribution in [0.15, 0.2) is 0 Å². The van der Waals surface area contributed by atoms with E-state index < -0.39 is 12.7 Å². The maximum absolute atomic E-state index is 11.8. The Morgan fingerprint density at radius 3 is 2.53 bits per heavy atom. The average molecular weight is 222 g/mol. The predicted octanol–water partition coefficient (Wildman–Crippen LogP) is 1.26. The molecule has 0 bridgehead atoms. The molecule has 7 heteroatoms. The van der Waals surface area contributed by atoms with Gasteiger partial charge in [0, 0.05) is 6.54 Å². The van der Waals surface area contributed by atoms with Crippen molar-refractivity contribution in [1.82, 2.24) is 20.1 Å². The number of aromatic nitrogens is 3. The molecule has 0 aromatic carbocycles. The Kier molecular flexibility index (Phi) is 3.67. The number of rotatable bonds is 4. The monoisotopic (exact) mass is 222 g/mol. The molecule has 1 heterocycles. The van der Waals surface area contributed by atoms with E-state index in [1.807, 2.05) is 6.92 Å². The van der Waals surface area contributed by atoms with Crippen molar-refractivity contribution in [1.29, 1.82) is 0 Å². The zero-order valence-corrected chi connectivity index (χ0v) is 8.60. The fourth-order valence-electron chi connectivity index (χ4n) is 1.28. The summed E-state index contributed by atoms with van der Waals surface area (Å²) in [5.74, 6) is 1.24. The third-order valence-corrected chi connectivity index (χ3v) is 1.94. The number of nitrogens with one attached hydrogen (secondary N) is 1. The molecule has 0 aliphatic heterocycles. The first-order chi connectivity index (χ1) is 6.94. The van der Waals surface area contributed by atoms with Crippen LogP contribution in [0.2, 0.25) is 0 Å². The Labute approximate surface area is 85.5 Å². The summed E-state index contributed by atoms with van der Waals surface area (Å²) in [6, 6.07) is 0. The summed E-state index contributed by atoms with van der Waals surface area (Å²) in [5.41, 5.74) is 0. The van der Waals surface area contributed by atoms with Crippen LogP contribution >= 0.6 is 0 Å². The molecule has 0 radical (unpaired) electrons. The molecule has 1 aromatic heterocycles. The number of hydrogen-bond acceptors (Lipinski definition) is 3. The molecule has 0 saturated carbocycles.